The van der Waals surface area contributed by atoms with E-state index in [1.807, 2.05) is 0 Å². The maximum absolute atomic E-state index is 12.5. The summed E-state index contributed by atoms with van der Waals surface area (Å²) in [5.41, 5.74) is -1.59. The van der Waals surface area contributed by atoms with Gasteiger partial charge in [0.15, 0.2) is 0 Å². The quantitative estimate of drug-likeness (QED) is 0.756. The Morgan fingerprint density at radius 3 is 1.91 bits per heavy atom. The van der Waals surface area contributed by atoms with Gasteiger partial charge in [-0.05, 0) is 12.1 Å². The molecule has 0 bridgehead atoms. The molecule has 0 saturated heterocycles. The predicted molar refractivity (Wildman–Crippen MR) is 74.8 cm³/mol. The van der Waals surface area contributed by atoms with Gasteiger partial charge in [-0.3, -0.25) is 9.59 Å². The Kier molecular flexibility index (Phi) is 3.96. The molecule has 1 aromatic rings. The Labute approximate surface area is 130 Å². The summed E-state index contributed by atoms with van der Waals surface area (Å²) in [6.45, 7) is 0. The second-order valence-corrected chi connectivity index (χ2v) is 6.36. The zero-order chi connectivity index (χ0) is 16.5. The number of benzene rings is 1. The van der Waals surface area contributed by atoms with Gasteiger partial charge in [0.05, 0.1) is 4.90 Å². The zero-order valence-electron chi connectivity index (χ0n) is 10.7. The highest BCUT2D eigenvalue weighted by Crippen LogP contribution is 2.33. The lowest BCUT2D eigenvalue weighted by Gasteiger charge is -2.14. The Balaban J connectivity index is 2.76. The Morgan fingerprint density at radius 2 is 1.41 bits per heavy atom. The lowest BCUT2D eigenvalue weighted by Crippen LogP contribution is -2.26. The topological polar surface area (TPSA) is 116 Å². The summed E-state index contributed by atoms with van der Waals surface area (Å²) in [6, 6.07) is 9.66. The standard InChI is InChI=1S/C14H5ClN2O4S/c15-11-12(18)9(6-16)10(7-17)13(19)14(11)22(20,21)8-4-2-1-3-5-8/h1-5H. The molecular formula is C14H5ClN2O4S. The fraction of sp³-hybridized carbons (Fsp3) is 0. The summed E-state index contributed by atoms with van der Waals surface area (Å²) in [5.74, 6) is -2.41. The van der Waals surface area contributed by atoms with Crippen LogP contribution < -0.4 is 0 Å². The van der Waals surface area contributed by atoms with Gasteiger partial charge < -0.3 is 0 Å². The average molecular weight is 333 g/mol. The third-order valence-electron chi connectivity index (χ3n) is 2.85. The van der Waals surface area contributed by atoms with Gasteiger partial charge >= 0.3 is 0 Å². The molecule has 0 saturated carbocycles. The van der Waals surface area contributed by atoms with Crippen molar-refractivity contribution in [3.05, 3.63) is 51.4 Å². The fourth-order valence-corrected chi connectivity index (χ4v) is 3.73. The van der Waals surface area contributed by atoms with Crippen LogP contribution in [0.3, 0.4) is 0 Å². The minimum atomic E-state index is -4.39. The highest BCUT2D eigenvalue weighted by Gasteiger charge is 2.41. The third kappa shape index (κ3) is 2.23. The monoisotopic (exact) mass is 332 g/mol. The summed E-state index contributed by atoms with van der Waals surface area (Å²) in [7, 11) is -4.39. The summed E-state index contributed by atoms with van der Waals surface area (Å²) in [4.78, 5) is 22.9. The molecule has 2 rings (SSSR count). The predicted octanol–water partition coefficient (Wildman–Crippen LogP) is 1.41. The van der Waals surface area contributed by atoms with Crippen molar-refractivity contribution >= 4 is 33.0 Å². The largest absolute Gasteiger partial charge is 0.287 e. The highest BCUT2D eigenvalue weighted by molar-refractivity contribution is 7.96. The van der Waals surface area contributed by atoms with Crippen LogP contribution in [0.2, 0.25) is 0 Å². The molecule has 1 aliphatic carbocycles. The second-order valence-electron chi connectivity index (χ2n) is 4.09. The van der Waals surface area contributed by atoms with Gasteiger partial charge in [-0.1, -0.05) is 29.8 Å². The van der Waals surface area contributed by atoms with Crippen molar-refractivity contribution in [2.75, 3.05) is 0 Å². The molecule has 0 atom stereocenters. The molecule has 6 nitrogen and oxygen atoms in total. The first kappa shape index (κ1) is 15.6. The van der Waals surface area contributed by atoms with Crippen LogP contribution in [-0.4, -0.2) is 20.0 Å². The smallest absolute Gasteiger partial charge is 0.218 e. The summed E-state index contributed by atoms with van der Waals surface area (Å²) in [5, 5.41) is 16.9. The van der Waals surface area contributed by atoms with Crippen LogP contribution in [0.25, 0.3) is 0 Å². The van der Waals surface area contributed by atoms with Crippen molar-refractivity contribution in [1.29, 1.82) is 10.5 Å². The molecule has 22 heavy (non-hydrogen) atoms. The molecule has 0 spiro atoms. The number of halogens is 1. The number of carbonyl (C=O) groups is 2. The van der Waals surface area contributed by atoms with E-state index in [1.54, 1.807) is 6.07 Å². The van der Waals surface area contributed by atoms with Crippen molar-refractivity contribution in [1.82, 2.24) is 0 Å². The molecule has 0 amide bonds. The lowest BCUT2D eigenvalue weighted by atomic mass is 9.96. The molecule has 1 aromatic carbocycles. The number of nitriles is 2. The van der Waals surface area contributed by atoms with Crippen LogP contribution in [0, 0.1) is 22.7 Å². The van der Waals surface area contributed by atoms with Crippen LogP contribution in [0.1, 0.15) is 0 Å². The molecule has 0 radical (unpaired) electrons. The average Bonchev–Trinajstić information content (AvgIpc) is 2.51. The van der Waals surface area contributed by atoms with Gasteiger partial charge in [0.1, 0.15) is 33.2 Å². The number of carbonyl (C=O) groups excluding carboxylic acids is 2. The van der Waals surface area contributed by atoms with E-state index in [0.29, 0.717) is 0 Å². The lowest BCUT2D eigenvalue weighted by molar-refractivity contribution is -0.115. The SMILES string of the molecule is N#CC1=C(C#N)C(=O)C(S(=O)(=O)c2ccccc2)=C(Cl)C1=O. The number of sulfone groups is 1. The van der Waals surface area contributed by atoms with Crippen LogP contribution >= 0.6 is 11.6 Å². The molecule has 1 aliphatic rings. The minimum Gasteiger partial charge on any atom is -0.287 e. The van der Waals surface area contributed by atoms with Crippen LogP contribution in [0.5, 0.6) is 0 Å². The molecule has 0 aromatic heterocycles. The van der Waals surface area contributed by atoms with Gasteiger partial charge in [0.2, 0.25) is 21.4 Å². The van der Waals surface area contributed by atoms with Gasteiger partial charge in [-0.15, -0.1) is 0 Å². The van der Waals surface area contributed by atoms with Crippen molar-refractivity contribution in [2.45, 2.75) is 4.90 Å². The van der Waals surface area contributed by atoms with Crippen molar-refractivity contribution in [3.8, 4) is 12.1 Å². The molecule has 0 fully saturated rings. The van der Waals surface area contributed by atoms with E-state index in [4.69, 9.17) is 22.1 Å². The molecule has 0 aliphatic heterocycles. The van der Waals surface area contributed by atoms with Crippen LogP contribution in [-0.2, 0) is 19.4 Å². The first-order valence-electron chi connectivity index (χ1n) is 5.70. The molecule has 0 N–H and O–H groups in total. The van der Waals surface area contributed by atoms with E-state index in [9.17, 15) is 18.0 Å². The molecule has 0 unspecified atom stereocenters. The van der Waals surface area contributed by atoms with Gasteiger partial charge in [-0.2, -0.15) is 10.5 Å². The van der Waals surface area contributed by atoms with Gasteiger partial charge in [0.25, 0.3) is 0 Å². The Hall–Kier alpha value is -2.74. The van der Waals surface area contributed by atoms with Crippen molar-refractivity contribution in [2.24, 2.45) is 0 Å². The van der Waals surface area contributed by atoms with Gasteiger partial charge in [0, 0.05) is 0 Å². The summed E-state index contributed by atoms with van der Waals surface area (Å²) in [6.07, 6.45) is 0. The third-order valence-corrected chi connectivity index (χ3v) is 5.15. The van der Waals surface area contributed by atoms with Crippen LogP contribution in [0.4, 0.5) is 0 Å². The highest BCUT2D eigenvalue weighted by atomic mass is 35.5. The number of hydrogen-bond acceptors (Lipinski definition) is 6. The molecule has 8 heteroatoms. The maximum atomic E-state index is 12.5. The maximum Gasteiger partial charge on any atom is 0.218 e. The van der Waals surface area contributed by atoms with E-state index in [1.165, 1.54) is 36.4 Å². The van der Waals surface area contributed by atoms with E-state index in [-0.39, 0.29) is 4.90 Å². The number of nitrogens with zero attached hydrogens (tertiary/aromatic N) is 2. The first-order chi connectivity index (χ1) is 10.4. The Morgan fingerprint density at radius 1 is 0.909 bits per heavy atom. The minimum absolute atomic E-state index is 0.248. The zero-order valence-corrected chi connectivity index (χ0v) is 12.3. The van der Waals surface area contributed by atoms with E-state index < -0.39 is 42.5 Å². The Bertz CT molecular complexity index is 945. The van der Waals surface area contributed by atoms with Crippen molar-refractivity contribution in [3.63, 3.8) is 0 Å². The summed E-state index contributed by atoms with van der Waals surface area (Å²) >= 11 is 5.69. The number of allylic oxidation sites excluding steroid dienone is 4. The molecule has 0 heterocycles. The van der Waals surface area contributed by atoms with E-state index in [2.05, 4.69) is 0 Å². The number of ketones is 2. The first-order valence-corrected chi connectivity index (χ1v) is 7.56. The van der Waals surface area contributed by atoms with Gasteiger partial charge in [-0.25, -0.2) is 8.42 Å². The van der Waals surface area contributed by atoms with Crippen LogP contribution in [0.15, 0.2) is 56.3 Å². The molecular weight excluding hydrogens is 328 g/mol. The molecule has 108 valence electrons. The fourth-order valence-electron chi connectivity index (χ4n) is 1.82. The number of hydrogen-bond donors (Lipinski definition) is 0. The normalized spacial score (nSPS) is 15.6. The van der Waals surface area contributed by atoms with E-state index in [0.717, 1.165) is 0 Å². The second kappa shape index (κ2) is 5.57. The number of rotatable bonds is 2. The summed E-state index contributed by atoms with van der Waals surface area (Å²) < 4.78 is 25.0. The van der Waals surface area contributed by atoms with Crippen molar-refractivity contribution < 1.29 is 18.0 Å². The van der Waals surface area contributed by atoms with E-state index >= 15 is 0 Å². The number of Topliss-reactive ketones (excluding diaryl/α,β-unsaturated/α-hetero) is 2.